The van der Waals surface area contributed by atoms with Crippen LogP contribution in [0.25, 0.3) is 11.1 Å². The molecule has 0 unspecified atom stereocenters. The van der Waals surface area contributed by atoms with E-state index < -0.39 is 15.7 Å². The second-order valence-electron chi connectivity index (χ2n) is 5.57. The van der Waals surface area contributed by atoms with Crippen LogP contribution in [-0.2, 0) is 15.6 Å². The topological polar surface area (TPSA) is 116 Å². The van der Waals surface area contributed by atoms with Crippen molar-refractivity contribution in [2.45, 2.75) is 17.6 Å². The first kappa shape index (κ1) is 16.5. The third kappa shape index (κ3) is 2.76. The van der Waals surface area contributed by atoms with Gasteiger partial charge in [-0.1, -0.05) is 17.7 Å². The third-order valence-electron chi connectivity index (χ3n) is 3.83. The summed E-state index contributed by atoms with van der Waals surface area (Å²) in [4.78, 5) is 15.7. The van der Waals surface area contributed by atoms with Crippen molar-refractivity contribution in [2.75, 3.05) is 0 Å². The Morgan fingerprint density at radius 2 is 1.88 bits per heavy atom. The van der Waals surface area contributed by atoms with Crippen molar-refractivity contribution in [3.8, 4) is 11.1 Å². The highest BCUT2D eigenvalue weighted by Crippen LogP contribution is 2.40. The summed E-state index contributed by atoms with van der Waals surface area (Å²) in [6.45, 7) is 1.70. The van der Waals surface area contributed by atoms with Crippen LogP contribution in [0.4, 0.5) is 0 Å². The Hall–Kier alpha value is -2.38. The molecule has 1 amide bonds. The number of guanidine groups is 1. The van der Waals surface area contributed by atoms with Crippen LogP contribution in [0.5, 0.6) is 0 Å². The molecular weight excluding hydrogens is 350 g/mol. The SMILES string of the molecule is Cc1cc2c(cc1C(=O)N=C(N)N)S(=O)(=O)Cc1cc(Cl)ccc1-2. The average Bonchev–Trinajstić information content (AvgIpc) is 2.44. The van der Waals surface area contributed by atoms with Crippen LogP contribution in [-0.4, -0.2) is 20.3 Å². The summed E-state index contributed by atoms with van der Waals surface area (Å²) in [6.07, 6.45) is 0. The van der Waals surface area contributed by atoms with E-state index in [1.165, 1.54) is 6.07 Å². The molecule has 0 atom stereocenters. The van der Waals surface area contributed by atoms with Gasteiger partial charge in [0.1, 0.15) is 0 Å². The lowest BCUT2D eigenvalue weighted by Gasteiger charge is -2.21. The summed E-state index contributed by atoms with van der Waals surface area (Å²) in [6, 6.07) is 8.13. The number of nitrogens with zero attached hydrogens (tertiary/aromatic N) is 1. The van der Waals surface area contributed by atoms with Gasteiger partial charge in [0.05, 0.1) is 10.6 Å². The molecule has 0 saturated heterocycles. The predicted molar refractivity (Wildman–Crippen MR) is 92.7 cm³/mol. The van der Waals surface area contributed by atoms with E-state index in [0.29, 0.717) is 21.7 Å². The summed E-state index contributed by atoms with van der Waals surface area (Å²) in [5.41, 5.74) is 13.2. The van der Waals surface area contributed by atoms with Crippen LogP contribution in [0.15, 0.2) is 40.2 Å². The van der Waals surface area contributed by atoms with E-state index in [4.69, 9.17) is 23.1 Å². The Kier molecular flexibility index (Phi) is 3.85. The van der Waals surface area contributed by atoms with Crippen LogP contribution < -0.4 is 11.5 Å². The summed E-state index contributed by atoms with van der Waals surface area (Å²) in [5, 5.41) is 0.476. The Balaban J connectivity index is 2.28. The van der Waals surface area contributed by atoms with Gasteiger partial charge in [-0.05, 0) is 47.9 Å². The Labute approximate surface area is 144 Å². The van der Waals surface area contributed by atoms with Crippen LogP contribution >= 0.6 is 11.6 Å². The van der Waals surface area contributed by atoms with Crippen molar-refractivity contribution >= 4 is 33.3 Å². The molecule has 3 rings (SSSR count). The zero-order valence-electron chi connectivity index (χ0n) is 12.7. The summed E-state index contributed by atoms with van der Waals surface area (Å²) < 4.78 is 25.2. The number of carbonyl (C=O) groups is 1. The second kappa shape index (κ2) is 5.61. The minimum absolute atomic E-state index is 0.0945. The highest BCUT2D eigenvalue weighted by atomic mass is 35.5. The fourth-order valence-corrected chi connectivity index (χ4v) is 4.59. The first-order valence-electron chi connectivity index (χ1n) is 6.99. The lowest BCUT2D eigenvalue weighted by molar-refractivity contribution is 0.100. The van der Waals surface area contributed by atoms with Crippen LogP contribution in [0.1, 0.15) is 21.5 Å². The quantitative estimate of drug-likeness (QED) is 0.594. The molecule has 1 aliphatic heterocycles. The number of aliphatic imine (C=N–C) groups is 1. The molecular formula is C16H14ClN3O3S. The van der Waals surface area contributed by atoms with E-state index in [9.17, 15) is 13.2 Å². The lowest BCUT2D eigenvalue weighted by Crippen LogP contribution is -2.24. The van der Waals surface area contributed by atoms with Crippen LogP contribution in [0.3, 0.4) is 0 Å². The Bertz CT molecular complexity index is 1010. The number of carbonyl (C=O) groups excluding carboxylic acids is 1. The van der Waals surface area contributed by atoms with Crippen molar-refractivity contribution in [3.05, 3.63) is 52.0 Å². The molecule has 0 aromatic heterocycles. The third-order valence-corrected chi connectivity index (χ3v) is 5.76. The Morgan fingerprint density at radius 1 is 1.17 bits per heavy atom. The number of hydrogen-bond donors (Lipinski definition) is 2. The largest absolute Gasteiger partial charge is 0.370 e. The molecule has 2 aromatic carbocycles. The summed E-state index contributed by atoms with van der Waals surface area (Å²) in [5.74, 6) is -1.22. The van der Waals surface area contributed by atoms with Gasteiger partial charge in [0.15, 0.2) is 15.8 Å². The summed E-state index contributed by atoms with van der Waals surface area (Å²) >= 11 is 5.97. The van der Waals surface area contributed by atoms with Crippen molar-refractivity contribution in [1.82, 2.24) is 0 Å². The van der Waals surface area contributed by atoms with Gasteiger partial charge in [0.2, 0.25) is 0 Å². The normalized spacial score (nSPS) is 14.4. The fraction of sp³-hybridized carbons (Fsp3) is 0.125. The van der Waals surface area contributed by atoms with E-state index in [-0.39, 0.29) is 22.2 Å². The number of halogens is 1. The zero-order valence-corrected chi connectivity index (χ0v) is 14.3. The van der Waals surface area contributed by atoms with Gasteiger partial charge in [-0.25, -0.2) is 8.42 Å². The standard InChI is InChI=1S/C16H14ClN3O3S/c1-8-4-13-11-3-2-10(17)5-9(11)7-24(22,23)14(13)6-12(8)15(21)20-16(18)19/h2-6H,7H2,1H3,(H4,18,19,20,21). The number of benzene rings is 2. The molecule has 8 heteroatoms. The second-order valence-corrected chi connectivity index (χ2v) is 7.96. The molecule has 6 nitrogen and oxygen atoms in total. The molecule has 1 aliphatic rings. The number of rotatable bonds is 1. The molecule has 0 spiro atoms. The molecule has 0 aliphatic carbocycles. The monoisotopic (exact) mass is 363 g/mol. The molecule has 0 radical (unpaired) electrons. The van der Waals surface area contributed by atoms with Crippen molar-refractivity contribution in [3.63, 3.8) is 0 Å². The zero-order chi connectivity index (χ0) is 17.6. The number of fused-ring (bicyclic) bond motifs is 3. The molecule has 24 heavy (non-hydrogen) atoms. The number of sulfone groups is 1. The van der Waals surface area contributed by atoms with E-state index in [2.05, 4.69) is 4.99 Å². The molecule has 0 fully saturated rings. The van der Waals surface area contributed by atoms with Gasteiger partial charge in [-0.15, -0.1) is 0 Å². The van der Waals surface area contributed by atoms with Gasteiger partial charge in [-0.3, -0.25) is 4.79 Å². The van der Waals surface area contributed by atoms with Crippen molar-refractivity contribution in [2.24, 2.45) is 16.5 Å². The number of amides is 1. The van der Waals surface area contributed by atoms with Gasteiger partial charge in [-0.2, -0.15) is 4.99 Å². The molecule has 124 valence electrons. The molecule has 0 saturated carbocycles. The average molecular weight is 364 g/mol. The van der Waals surface area contributed by atoms with Gasteiger partial charge in [0, 0.05) is 16.1 Å². The first-order valence-corrected chi connectivity index (χ1v) is 9.02. The van der Waals surface area contributed by atoms with Gasteiger partial charge in [0.25, 0.3) is 5.91 Å². The number of hydrogen-bond acceptors (Lipinski definition) is 3. The predicted octanol–water partition coefficient (Wildman–Crippen LogP) is 2.02. The number of aryl methyl sites for hydroxylation is 1. The maximum atomic E-state index is 12.6. The highest BCUT2D eigenvalue weighted by molar-refractivity contribution is 7.90. The van der Waals surface area contributed by atoms with E-state index in [1.807, 2.05) is 0 Å². The van der Waals surface area contributed by atoms with E-state index in [1.54, 1.807) is 31.2 Å². The van der Waals surface area contributed by atoms with Gasteiger partial charge >= 0.3 is 0 Å². The number of nitrogens with two attached hydrogens (primary N) is 2. The van der Waals surface area contributed by atoms with Gasteiger partial charge < -0.3 is 11.5 Å². The lowest BCUT2D eigenvalue weighted by atomic mass is 9.96. The minimum Gasteiger partial charge on any atom is -0.370 e. The summed E-state index contributed by atoms with van der Waals surface area (Å²) in [7, 11) is -3.60. The minimum atomic E-state index is -3.60. The highest BCUT2D eigenvalue weighted by Gasteiger charge is 2.30. The smallest absolute Gasteiger partial charge is 0.280 e. The molecule has 2 aromatic rings. The van der Waals surface area contributed by atoms with Crippen LogP contribution in [0.2, 0.25) is 5.02 Å². The maximum Gasteiger partial charge on any atom is 0.280 e. The Morgan fingerprint density at radius 3 is 2.54 bits per heavy atom. The maximum absolute atomic E-state index is 12.6. The molecule has 4 N–H and O–H groups in total. The van der Waals surface area contributed by atoms with Crippen LogP contribution in [0, 0.1) is 6.92 Å². The first-order chi connectivity index (χ1) is 11.2. The fourth-order valence-electron chi connectivity index (χ4n) is 2.79. The van der Waals surface area contributed by atoms with Crippen molar-refractivity contribution < 1.29 is 13.2 Å². The van der Waals surface area contributed by atoms with E-state index in [0.717, 1.165) is 5.56 Å². The molecule has 1 heterocycles. The molecule has 0 bridgehead atoms. The van der Waals surface area contributed by atoms with Crippen molar-refractivity contribution in [1.29, 1.82) is 0 Å². The van der Waals surface area contributed by atoms with E-state index >= 15 is 0 Å².